The van der Waals surface area contributed by atoms with Crippen molar-refractivity contribution < 1.29 is 9.53 Å². The maximum atomic E-state index is 12.0. The van der Waals surface area contributed by atoms with Crippen molar-refractivity contribution >= 4 is 44.5 Å². The monoisotopic (exact) mass is 430 g/mol. The van der Waals surface area contributed by atoms with Gasteiger partial charge in [0.05, 0.1) is 10.0 Å². The van der Waals surface area contributed by atoms with Gasteiger partial charge in [-0.25, -0.2) is 4.79 Å². The fourth-order valence-electron chi connectivity index (χ4n) is 1.59. The lowest BCUT2D eigenvalue weighted by Gasteiger charge is -2.07. The van der Waals surface area contributed by atoms with E-state index in [1.165, 1.54) is 5.56 Å². The number of halogens is 2. The van der Waals surface area contributed by atoms with Gasteiger partial charge in [-0.2, -0.15) is 0 Å². The van der Waals surface area contributed by atoms with Crippen molar-refractivity contribution in [1.29, 1.82) is 0 Å². The molecular formula is C15H12BrIO2. The zero-order valence-corrected chi connectivity index (χ0v) is 14.1. The molecule has 0 spiro atoms. The number of hydrogen-bond acceptors (Lipinski definition) is 2. The topological polar surface area (TPSA) is 26.3 Å². The SMILES string of the molecule is CCc1ccc(C(=O)Oc2ccc(I)cc2Br)cc1. The van der Waals surface area contributed by atoms with Crippen LogP contribution >= 0.6 is 38.5 Å². The molecule has 2 rings (SSSR count). The number of hydrogen-bond donors (Lipinski definition) is 0. The van der Waals surface area contributed by atoms with Gasteiger partial charge in [-0.1, -0.05) is 19.1 Å². The fraction of sp³-hybridized carbons (Fsp3) is 0.133. The Morgan fingerprint density at radius 2 is 1.89 bits per heavy atom. The Hall–Kier alpha value is -0.880. The minimum atomic E-state index is -0.343. The molecule has 0 fully saturated rings. The summed E-state index contributed by atoms with van der Waals surface area (Å²) in [4.78, 5) is 12.0. The summed E-state index contributed by atoms with van der Waals surface area (Å²) in [5.74, 6) is 0.189. The maximum Gasteiger partial charge on any atom is 0.343 e. The van der Waals surface area contributed by atoms with Crippen molar-refractivity contribution in [1.82, 2.24) is 0 Å². The van der Waals surface area contributed by atoms with E-state index in [1.807, 2.05) is 24.3 Å². The Bertz CT molecular complexity index is 594. The third-order valence-electron chi connectivity index (χ3n) is 2.69. The smallest absolute Gasteiger partial charge is 0.343 e. The van der Waals surface area contributed by atoms with E-state index < -0.39 is 0 Å². The van der Waals surface area contributed by atoms with E-state index in [1.54, 1.807) is 18.2 Å². The standard InChI is InChI=1S/C15H12BrIO2/c1-2-10-3-5-11(6-4-10)15(18)19-14-8-7-12(17)9-13(14)16/h3-9H,2H2,1H3. The van der Waals surface area contributed by atoms with Crippen LogP contribution in [0.1, 0.15) is 22.8 Å². The Morgan fingerprint density at radius 3 is 2.47 bits per heavy atom. The van der Waals surface area contributed by atoms with Gasteiger partial charge in [0.1, 0.15) is 5.75 Å². The van der Waals surface area contributed by atoms with Crippen molar-refractivity contribution in [2.24, 2.45) is 0 Å². The Balaban J connectivity index is 2.15. The number of carbonyl (C=O) groups excluding carboxylic acids is 1. The molecule has 0 saturated heterocycles. The highest BCUT2D eigenvalue weighted by Gasteiger charge is 2.10. The molecule has 0 unspecified atom stereocenters. The Kier molecular flexibility index (Phi) is 4.99. The fourth-order valence-corrected chi connectivity index (χ4v) is 2.97. The molecule has 0 aliphatic carbocycles. The summed E-state index contributed by atoms with van der Waals surface area (Å²) in [6.07, 6.45) is 0.956. The van der Waals surface area contributed by atoms with Crippen LogP contribution in [0.25, 0.3) is 0 Å². The first-order valence-electron chi connectivity index (χ1n) is 5.86. The number of aryl methyl sites for hydroxylation is 1. The molecule has 2 nitrogen and oxygen atoms in total. The van der Waals surface area contributed by atoms with Gasteiger partial charge in [0.2, 0.25) is 0 Å². The van der Waals surface area contributed by atoms with E-state index in [-0.39, 0.29) is 5.97 Å². The number of ether oxygens (including phenoxy) is 1. The lowest BCUT2D eigenvalue weighted by Crippen LogP contribution is -2.08. The van der Waals surface area contributed by atoms with Crippen LogP contribution in [-0.4, -0.2) is 5.97 Å². The molecule has 4 heteroatoms. The van der Waals surface area contributed by atoms with Gasteiger partial charge in [-0.3, -0.25) is 0 Å². The number of carbonyl (C=O) groups is 1. The zero-order valence-electron chi connectivity index (χ0n) is 10.3. The minimum absolute atomic E-state index is 0.343. The molecule has 0 aliphatic rings. The van der Waals surface area contributed by atoms with Crippen LogP contribution in [0.4, 0.5) is 0 Å². The van der Waals surface area contributed by atoms with Crippen molar-refractivity contribution in [3.63, 3.8) is 0 Å². The molecule has 2 aromatic carbocycles. The molecular weight excluding hydrogens is 419 g/mol. The molecule has 0 radical (unpaired) electrons. The minimum Gasteiger partial charge on any atom is -0.422 e. The second kappa shape index (κ2) is 6.52. The van der Waals surface area contributed by atoms with E-state index in [2.05, 4.69) is 45.4 Å². The van der Waals surface area contributed by atoms with Gasteiger partial charge in [0.25, 0.3) is 0 Å². The quantitative estimate of drug-likeness (QED) is 0.396. The van der Waals surface area contributed by atoms with Crippen LogP contribution in [0.2, 0.25) is 0 Å². The molecule has 98 valence electrons. The molecule has 0 aliphatic heterocycles. The first kappa shape index (κ1) is 14.5. The van der Waals surface area contributed by atoms with Crippen LogP contribution < -0.4 is 4.74 Å². The van der Waals surface area contributed by atoms with Crippen LogP contribution in [0.5, 0.6) is 5.75 Å². The summed E-state index contributed by atoms with van der Waals surface area (Å²) >= 11 is 5.59. The number of rotatable bonds is 3. The average molecular weight is 431 g/mol. The predicted octanol–water partition coefficient (Wildman–Crippen LogP) is 4.84. The average Bonchev–Trinajstić information content (AvgIpc) is 2.42. The lowest BCUT2D eigenvalue weighted by molar-refractivity contribution is 0.0733. The number of esters is 1. The molecule has 2 aromatic rings. The largest absolute Gasteiger partial charge is 0.422 e. The Labute approximate surface area is 134 Å². The van der Waals surface area contributed by atoms with Crippen molar-refractivity contribution in [3.8, 4) is 5.75 Å². The lowest BCUT2D eigenvalue weighted by atomic mass is 10.1. The Morgan fingerprint density at radius 1 is 1.21 bits per heavy atom. The van der Waals surface area contributed by atoms with E-state index in [0.29, 0.717) is 11.3 Å². The molecule has 0 saturated carbocycles. The summed E-state index contributed by atoms with van der Waals surface area (Å²) in [7, 11) is 0. The van der Waals surface area contributed by atoms with Crippen molar-refractivity contribution in [2.75, 3.05) is 0 Å². The molecule has 0 N–H and O–H groups in total. The highest BCUT2D eigenvalue weighted by atomic mass is 127. The second-order valence-corrected chi connectivity index (χ2v) is 6.11. The van der Waals surface area contributed by atoms with E-state index >= 15 is 0 Å². The maximum absolute atomic E-state index is 12.0. The van der Waals surface area contributed by atoms with Crippen molar-refractivity contribution in [3.05, 3.63) is 61.6 Å². The first-order chi connectivity index (χ1) is 9.10. The highest BCUT2D eigenvalue weighted by Crippen LogP contribution is 2.27. The zero-order chi connectivity index (χ0) is 13.8. The van der Waals surface area contributed by atoms with Gasteiger partial charge in [-0.15, -0.1) is 0 Å². The van der Waals surface area contributed by atoms with E-state index in [0.717, 1.165) is 14.5 Å². The van der Waals surface area contributed by atoms with Crippen LogP contribution in [-0.2, 0) is 6.42 Å². The normalized spacial score (nSPS) is 10.3. The first-order valence-corrected chi connectivity index (χ1v) is 7.73. The van der Waals surface area contributed by atoms with Crippen LogP contribution in [0, 0.1) is 3.57 Å². The van der Waals surface area contributed by atoms with Crippen molar-refractivity contribution in [2.45, 2.75) is 13.3 Å². The third-order valence-corrected chi connectivity index (χ3v) is 3.99. The van der Waals surface area contributed by atoms with E-state index in [9.17, 15) is 4.79 Å². The highest BCUT2D eigenvalue weighted by molar-refractivity contribution is 14.1. The second-order valence-electron chi connectivity index (χ2n) is 4.01. The molecule has 0 atom stereocenters. The molecule has 19 heavy (non-hydrogen) atoms. The molecule has 0 aromatic heterocycles. The van der Waals surface area contributed by atoms with Gasteiger partial charge in [0.15, 0.2) is 0 Å². The molecule has 0 bridgehead atoms. The van der Waals surface area contributed by atoms with Crippen LogP contribution in [0.15, 0.2) is 46.9 Å². The summed E-state index contributed by atoms with van der Waals surface area (Å²) in [5.41, 5.74) is 1.76. The molecule has 0 amide bonds. The summed E-state index contributed by atoms with van der Waals surface area (Å²) in [6, 6.07) is 13.1. The third kappa shape index (κ3) is 3.79. The van der Waals surface area contributed by atoms with Gasteiger partial charge in [-0.05, 0) is 80.8 Å². The van der Waals surface area contributed by atoms with Gasteiger partial charge >= 0.3 is 5.97 Å². The van der Waals surface area contributed by atoms with Crippen LogP contribution in [0.3, 0.4) is 0 Å². The summed E-state index contributed by atoms with van der Waals surface area (Å²) in [5, 5.41) is 0. The van der Waals surface area contributed by atoms with Gasteiger partial charge in [0, 0.05) is 3.57 Å². The predicted molar refractivity (Wildman–Crippen MR) is 87.6 cm³/mol. The summed E-state index contributed by atoms with van der Waals surface area (Å²) in [6.45, 7) is 2.08. The summed E-state index contributed by atoms with van der Waals surface area (Å²) < 4.78 is 7.23. The van der Waals surface area contributed by atoms with E-state index in [4.69, 9.17) is 4.74 Å². The molecule has 0 heterocycles. The number of benzene rings is 2. The van der Waals surface area contributed by atoms with Gasteiger partial charge < -0.3 is 4.74 Å².